The quantitative estimate of drug-likeness (QED) is 0.547. The van der Waals surface area contributed by atoms with Crippen LogP contribution in [-0.2, 0) is 13.2 Å². The number of halogens is 2. The fraction of sp³-hybridized carbons (Fsp3) is 0.174. The number of amides is 1. The first-order valence-electron chi connectivity index (χ1n) is 9.22. The topological polar surface area (TPSA) is 56.8 Å². The SMILES string of the molecule is COc1cc(C(=O)NCc2cccc(COc3ccccc3)c2)ccc1OC(F)F. The second-order valence-electron chi connectivity index (χ2n) is 6.35. The van der Waals surface area contributed by atoms with E-state index in [0.717, 1.165) is 16.9 Å². The molecular weight excluding hydrogens is 392 g/mol. The van der Waals surface area contributed by atoms with E-state index in [0.29, 0.717) is 13.2 Å². The minimum atomic E-state index is -2.98. The summed E-state index contributed by atoms with van der Waals surface area (Å²) in [7, 11) is 1.32. The van der Waals surface area contributed by atoms with Gasteiger partial charge in [0.15, 0.2) is 11.5 Å². The Morgan fingerprint density at radius 1 is 0.933 bits per heavy atom. The predicted octanol–water partition coefficient (Wildman–Crippen LogP) is 4.81. The maximum atomic E-state index is 12.4. The maximum absolute atomic E-state index is 12.4. The molecule has 0 aliphatic heterocycles. The number of hydrogen-bond acceptors (Lipinski definition) is 4. The number of para-hydroxylation sites is 1. The Bertz CT molecular complexity index is 980. The molecule has 0 saturated carbocycles. The van der Waals surface area contributed by atoms with Gasteiger partial charge < -0.3 is 19.5 Å². The van der Waals surface area contributed by atoms with Crippen molar-refractivity contribution in [1.82, 2.24) is 5.32 Å². The van der Waals surface area contributed by atoms with E-state index >= 15 is 0 Å². The van der Waals surface area contributed by atoms with Crippen LogP contribution in [0.25, 0.3) is 0 Å². The number of methoxy groups -OCH3 is 1. The lowest BCUT2D eigenvalue weighted by atomic mass is 10.1. The Labute approximate surface area is 173 Å². The molecule has 1 N–H and O–H groups in total. The Morgan fingerprint density at radius 2 is 1.70 bits per heavy atom. The van der Waals surface area contributed by atoms with Crippen LogP contribution in [0, 0.1) is 0 Å². The molecule has 7 heteroatoms. The molecule has 0 spiro atoms. The van der Waals surface area contributed by atoms with Gasteiger partial charge in [-0.15, -0.1) is 0 Å². The van der Waals surface area contributed by atoms with E-state index in [-0.39, 0.29) is 23.0 Å². The van der Waals surface area contributed by atoms with E-state index in [1.807, 2.05) is 54.6 Å². The molecule has 156 valence electrons. The van der Waals surface area contributed by atoms with Crippen LogP contribution in [-0.4, -0.2) is 19.6 Å². The summed E-state index contributed by atoms with van der Waals surface area (Å²) in [6, 6.07) is 21.2. The number of hydrogen-bond donors (Lipinski definition) is 1. The van der Waals surface area contributed by atoms with Gasteiger partial charge in [-0.25, -0.2) is 0 Å². The average Bonchev–Trinajstić information content (AvgIpc) is 2.77. The van der Waals surface area contributed by atoms with Gasteiger partial charge >= 0.3 is 6.61 Å². The van der Waals surface area contributed by atoms with Crippen molar-refractivity contribution in [2.75, 3.05) is 7.11 Å². The first kappa shape index (κ1) is 21.1. The van der Waals surface area contributed by atoms with Crippen molar-refractivity contribution in [3.63, 3.8) is 0 Å². The van der Waals surface area contributed by atoms with E-state index in [2.05, 4.69) is 10.1 Å². The summed E-state index contributed by atoms with van der Waals surface area (Å²) in [5, 5.41) is 2.80. The largest absolute Gasteiger partial charge is 0.493 e. The second-order valence-corrected chi connectivity index (χ2v) is 6.35. The monoisotopic (exact) mass is 413 g/mol. The summed E-state index contributed by atoms with van der Waals surface area (Å²) in [6.45, 7) is -2.26. The van der Waals surface area contributed by atoms with Crippen LogP contribution in [0.5, 0.6) is 17.2 Å². The lowest BCUT2D eigenvalue weighted by Gasteiger charge is -2.12. The third kappa shape index (κ3) is 5.94. The third-order valence-electron chi connectivity index (χ3n) is 4.24. The molecule has 0 aromatic heterocycles. The zero-order valence-corrected chi connectivity index (χ0v) is 16.3. The van der Waals surface area contributed by atoms with E-state index < -0.39 is 6.61 Å². The van der Waals surface area contributed by atoms with Gasteiger partial charge in [-0.3, -0.25) is 4.79 Å². The molecule has 0 saturated heterocycles. The number of carbonyl (C=O) groups is 1. The standard InChI is InChI=1S/C23H21F2NO4/c1-28-21-13-18(10-11-20(21)30-23(24)25)22(27)26-14-16-6-5-7-17(12-16)15-29-19-8-3-2-4-9-19/h2-13,23H,14-15H2,1H3,(H,26,27). The van der Waals surface area contributed by atoms with Crippen molar-refractivity contribution in [3.8, 4) is 17.2 Å². The van der Waals surface area contributed by atoms with Gasteiger partial charge in [0, 0.05) is 12.1 Å². The highest BCUT2D eigenvalue weighted by Gasteiger charge is 2.14. The highest BCUT2D eigenvalue weighted by atomic mass is 19.3. The number of rotatable bonds is 9. The zero-order chi connectivity index (χ0) is 21.3. The van der Waals surface area contributed by atoms with Gasteiger partial charge in [-0.2, -0.15) is 8.78 Å². The van der Waals surface area contributed by atoms with Crippen molar-refractivity contribution >= 4 is 5.91 Å². The van der Waals surface area contributed by atoms with Gasteiger partial charge in [-0.1, -0.05) is 42.5 Å². The van der Waals surface area contributed by atoms with E-state index in [1.54, 1.807) is 0 Å². The summed E-state index contributed by atoms with van der Waals surface area (Å²) in [5.41, 5.74) is 2.15. The van der Waals surface area contributed by atoms with Crippen LogP contribution in [0.1, 0.15) is 21.5 Å². The molecule has 3 rings (SSSR count). The Morgan fingerprint density at radius 3 is 2.43 bits per heavy atom. The summed E-state index contributed by atoms with van der Waals surface area (Å²) in [6.07, 6.45) is 0. The second kappa shape index (κ2) is 10.2. The number of carbonyl (C=O) groups excluding carboxylic acids is 1. The Balaban J connectivity index is 1.59. The third-order valence-corrected chi connectivity index (χ3v) is 4.24. The zero-order valence-electron chi connectivity index (χ0n) is 16.3. The van der Waals surface area contributed by atoms with Crippen molar-refractivity contribution in [3.05, 3.63) is 89.5 Å². The normalized spacial score (nSPS) is 10.5. The molecule has 0 fully saturated rings. The molecule has 0 bridgehead atoms. The molecule has 0 aliphatic carbocycles. The fourth-order valence-electron chi connectivity index (χ4n) is 2.80. The molecule has 3 aromatic rings. The van der Waals surface area contributed by atoms with E-state index in [4.69, 9.17) is 9.47 Å². The summed E-state index contributed by atoms with van der Waals surface area (Å²) in [5.74, 6) is 0.352. The summed E-state index contributed by atoms with van der Waals surface area (Å²) in [4.78, 5) is 12.4. The molecule has 0 aliphatic rings. The first-order valence-corrected chi connectivity index (χ1v) is 9.22. The molecule has 0 atom stereocenters. The Hall–Kier alpha value is -3.61. The van der Waals surface area contributed by atoms with Crippen LogP contribution < -0.4 is 19.5 Å². The number of nitrogens with one attached hydrogen (secondary N) is 1. The van der Waals surface area contributed by atoms with E-state index in [1.165, 1.54) is 25.3 Å². The fourth-order valence-corrected chi connectivity index (χ4v) is 2.80. The number of ether oxygens (including phenoxy) is 3. The molecule has 5 nitrogen and oxygen atoms in total. The minimum Gasteiger partial charge on any atom is -0.493 e. The lowest BCUT2D eigenvalue weighted by molar-refractivity contribution is -0.0512. The van der Waals surface area contributed by atoms with Crippen molar-refractivity contribution in [2.24, 2.45) is 0 Å². The van der Waals surface area contributed by atoms with Crippen LogP contribution in [0.4, 0.5) is 8.78 Å². The molecule has 0 radical (unpaired) electrons. The molecule has 0 heterocycles. The van der Waals surface area contributed by atoms with Crippen LogP contribution in [0.3, 0.4) is 0 Å². The predicted molar refractivity (Wildman–Crippen MR) is 108 cm³/mol. The minimum absolute atomic E-state index is 0.0583. The summed E-state index contributed by atoms with van der Waals surface area (Å²) < 4.78 is 40.0. The summed E-state index contributed by atoms with van der Waals surface area (Å²) >= 11 is 0. The molecule has 1 amide bonds. The van der Waals surface area contributed by atoms with E-state index in [9.17, 15) is 13.6 Å². The van der Waals surface area contributed by atoms with Crippen LogP contribution in [0.2, 0.25) is 0 Å². The average molecular weight is 413 g/mol. The van der Waals surface area contributed by atoms with Crippen molar-refractivity contribution < 1.29 is 27.8 Å². The molecular formula is C23H21F2NO4. The highest BCUT2D eigenvalue weighted by molar-refractivity contribution is 5.94. The molecule has 3 aromatic carbocycles. The Kier molecular flexibility index (Phi) is 7.21. The highest BCUT2D eigenvalue weighted by Crippen LogP contribution is 2.29. The van der Waals surface area contributed by atoms with Gasteiger partial charge in [-0.05, 0) is 41.5 Å². The molecule has 0 unspecified atom stereocenters. The van der Waals surface area contributed by atoms with Gasteiger partial charge in [0.05, 0.1) is 7.11 Å². The first-order chi connectivity index (χ1) is 14.5. The number of benzene rings is 3. The molecule has 30 heavy (non-hydrogen) atoms. The smallest absolute Gasteiger partial charge is 0.387 e. The van der Waals surface area contributed by atoms with Crippen LogP contribution >= 0.6 is 0 Å². The maximum Gasteiger partial charge on any atom is 0.387 e. The van der Waals surface area contributed by atoms with Crippen molar-refractivity contribution in [2.45, 2.75) is 19.8 Å². The van der Waals surface area contributed by atoms with Crippen molar-refractivity contribution in [1.29, 1.82) is 0 Å². The number of alkyl halides is 2. The van der Waals surface area contributed by atoms with Gasteiger partial charge in [0.2, 0.25) is 0 Å². The lowest BCUT2D eigenvalue weighted by Crippen LogP contribution is -2.23. The van der Waals surface area contributed by atoms with Gasteiger partial charge in [0.1, 0.15) is 12.4 Å². The van der Waals surface area contributed by atoms with Gasteiger partial charge in [0.25, 0.3) is 5.91 Å². The van der Waals surface area contributed by atoms with Crippen LogP contribution in [0.15, 0.2) is 72.8 Å².